The molecule has 1 aromatic heterocycles. The number of benzene rings is 3. The Labute approximate surface area is 164 Å². The van der Waals surface area contributed by atoms with Crippen LogP contribution in [0.2, 0.25) is 5.15 Å². The van der Waals surface area contributed by atoms with Crippen LogP contribution in [0.1, 0.15) is 10.4 Å². The van der Waals surface area contributed by atoms with Crippen molar-refractivity contribution in [2.75, 3.05) is 5.32 Å². The predicted molar refractivity (Wildman–Crippen MR) is 107 cm³/mol. The molecule has 6 nitrogen and oxygen atoms in total. The quantitative estimate of drug-likeness (QED) is 0.275. The van der Waals surface area contributed by atoms with Gasteiger partial charge in [0, 0.05) is 16.6 Å². The highest BCUT2D eigenvalue weighted by molar-refractivity contribution is 6.34. The molecule has 3 aromatic carbocycles. The molecule has 0 aliphatic heterocycles. The summed E-state index contributed by atoms with van der Waals surface area (Å²) in [6.45, 7) is 0. The Morgan fingerprint density at radius 1 is 1.07 bits per heavy atom. The van der Waals surface area contributed by atoms with E-state index in [1.165, 1.54) is 6.07 Å². The number of hydrazine groups is 1. The minimum atomic E-state index is -0.402. The zero-order valence-electron chi connectivity index (χ0n) is 14.5. The summed E-state index contributed by atoms with van der Waals surface area (Å²) in [5.41, 5.74) is 4.95. The number of amides is 1. The molecule has 0 saturated heterocycles. The van der Waals surface area contributed by atoms with Crippen molar-refractivity contribution in [3.63, 3.8) is 0 Å². The largest absolute Gasteiger partial charge is 0.353 e. The molecular formula is C20H15ClFN5O. The van der Waals surface area contributed by atoms with Crippen LogP contribution < -0.4 is 16.6 Å². The lowest BCUT2D eigenvalue weighted by atomic mass is 10.2. The van der Waals surface area contributed by atoms with Crippen molar-refractivity contribution < 1.29 is 9.18 Å². The van der Waals surface area contributed by atoms with Gasteiger partial charge in [-0.3, -0.25) is 10.2 Å². The van der Waals surface area contributed by atoms with E-state index in [0.717, 1.165) is 5.52 Å². The number of rotatable bonds is 4. The number of nitrogens with one attached hydrogen (secondary N) is 2. The predicted octanol–water partition coefficient (Wildman–Crippen LogP) is 4.17. The number of para-hydroxylation sites is 1. The fourth-order valence-corrected chi connectivity index (χ4v) is 3.16. The third-order valence-electron chi connectivity index (χ3n) is 4.27. The van der Waals surface area contributed by atoms with Crippen LogP contribution >= 0.6 is 11.6 Å². The topological polar surface area (TPSA) is 85.0 Å². The number of halogens is 2. The maximum atomic E-state index is 13.9. The van der Waals surface area contributed by atoms with Crippen molar-refractivity contribution >= 4 is 39.8 Å². The summed E-state index contributed by atoms with van der Waals surface area (Å²) in [6, 6.07) is 18.7. The van der Waals surface area contributed by atoms with Gasteiger partial charge >= 0.3 is 0 Å². The molecule has 28 heavy (non-hydrogen) atoms. The molecule has 0 fully saturated rings. The van der Waals surface area contributed by atoms with E-state index in [0.29, 0.717) is 33.2 Å². The number of hydrogen-bond acceptors (Lipinski definition) is 4. The Balaban J connectivity index is 1.75. The number of carbonyl (C=O) groups is 1. The summed E-state index contributed by atoms with van der Waals surface area (Å²) in [7, 11) is 0. The Morgan fingerprint density at radius 3 is 2.68 bits per heavy atom. The van der Waals surface area contributed by atoms with Gasteiger partial charge in [-0.05, 0) is 48.5 Å². The number of nitrogens with zero attached hydrogens (tertiary/aromatic N) is 2. The molecule has 1 amide bonds. The first kappa shape index (κ1) is 18.0. The fraction of sp³-hybridized carbons (Fsp3) is 0. The molecule has 4 aromatic rings. The first-order chi connectivity index (χ1) is 13.6. The second-order valence-corrected chi connectivity index (χ2v) is 6.42. The van der Waals surface area contributed by atoms with Crippen LogP contribution in [-0.2, 0) is 0 Å². The standard InChI is InChI=1S/C20H15ClFN5O/c21-19-15-11-13(24-17-7-2-1-6-16(17)22)8-9-18(15)27(26-19)14-5-3-4-12(10-14)20(28)25-23/h1-11,24H,23H2,(H,25,28). The van der Waals surface area contributed by atoms with Gasteiger partial charge in [0.1, 0.15) is 5.82 Å². The molecule has 4 rings (SSSR count). The van der Waals surface area contributed by atoms with Gasteiger partial charge in [-0.2, -0.15) is 5.10 Å². The highest BCUT2D eigenvalue weighted by Crippen LogP contribution is 2.30. The Morgan fingerprint density at radius 2 is 1.89 bits per heavy atom. The molecule has 0 spiro atoms. The summed E-state index contributed by atoms with van der Waals surface area (Å²) >= 11 is 6.33. The smallest absolute Gasteiger partial charge is 0.265 e. The van der Waals surface area contributed by atoms with Crippen molar-refractivity contribution in [3.05, 3.63) is 83.3 Å². The number of anilines is 2. The van der Waals surface area contributed by atoms with Gasteiger partial charge in [0.15, 0.2) is 5.15 Å². The van der Waals surface area contributed by atoms with Crippen LogP contribution in [0.3, 0.4) is 0 Å². The molecule has 0 atom stereocenters. The Hall–Kier alpha value is -3.42. The van der Waals surface area contributed by atoms with Crippen molar-refractivity contribution in [1.82, 2.24) is 15.2 Å². The van der Waals surface area contributed by atoms with E-state index in [9.17, 15) is 9.18 Å². The Kier molecular flexibility index (Phi) is 4.68. The van der Waals surface area contributed by atoms with Gasteiger partial charge < -0.3 is 5.32 Å². The summed E-state index contributed by atoms with van der Waals surface area (Å²) in [4.78, 5) is 11.8. The first-order valence-corrected chi connectivity index (χ1v) is 8.76. The van der Waals surface area contributed by atoms with Crippen LogP contribution in [0.5, 0.6) is 0 Å². The van der Waals surface area contributed by atoms with Gasteiger partial charge in [-0.25, -0.2) is 14.9 Å². The summed E-state index contributed by atoms with van der Waals surface area (Å²) in [6.07, 6.45) is 0. The lowest BCUT2D eigenvalue weighted by molar-refractivity contribution is 0.0953. The number of nitrogens with two attached hydrogens (primary N) is 1. The molecule has 0 unspecified atom stereocenters. The van der Waals surface area contributed by atoms with Crippen LogP contribution in [0.15, 0.2) is 66.7 Å². The van der Waals surface area contributed by atoms with Gasteiger partial charge in [-0.15, -0.1) is 0 Å². The second-order valence-electron chi connectivity index (χ2n) is 6.06. The molecule has 1 heterocycles. The van der Waals surface area contributed by atoms with E-state index in [1.54, 1.807) is 53.2 Å². The van der Waals surface area contributed by atoms with Crippen LogP contribution in [0, 0.1) is 5.82 Å². The summed E-state index contributed by atoms with van der Waals surface area (Å²) in [5.74, 6) is 4.45. The number of aromatic nitrogens is 2. The van der Waals surface area contributed by atoms with Crippen LogP contribution in [-0.4, -0.2) is 15.7 Å². The van der Waals surface area contributed by atoms with E-state index in [1.807, 2.05) is 12.1 Å². The van der Waals surface area contributed by atoms with E-state index >= 15 is 0 Å². The van der Waals surface area contributed by atoms with Gasteiger partial charge in [0.05, 0.1) is 16.9 Å². The van der Waals surface area contributed by atoms with Gasteiger partial charge in [-0.1, -0.05) is 29.8 Å². The van der Waals surface area contributed by atoms with E-state index in [-0.39, 0.29) is 5.82 Å². The molecular weight excluding hydrogens is 381 g/mol. The highest BCUT2D eigenvalue weighted by atomic mass is 35.5. The third kappa shape index (κ3) is 3.28. The Bertz CT molecular complexity index is 1190. The average molecular weight is 396 g/mol. The average Bonchev–Trinajstić information content (AvgIpc) is 3.05. The number of carbonyl (C=O) groups excluding carboxylic acids is 1. The SMILES string of the molecule is NNC(=O)c1cccc(-n2nc(Cl)c3cc(Nc4ccccc4F)ccc32)c1. The molecule has 0 aliphatic rings. The zero-order chi connectivity index (χ0) is 19.7. The lowest BCUT2D eigenvalue weighted by Gasteiger charge is -2.09. The lowest BCUT2D eigenvalue weighted by Crippen LogP contribution is -2.30. The minimum Gasteiger partial charge on any atom is -0.353 e. The van der Waals surface area contributed by atoms with E-state index in [4.69, 9.17) is 17.4 Å². The second kappa shape index (κ2) is 7.30. The van der Waals surface area contributed by atoms with Crippen LogP contribution in [0.25, 0.3) is 16.6 Å². The highest BCUT2D eigenvalue weighted by Gasteiger charge is 2.13. The fourth-order valence-electron chi connectivity index (χ4n) is 2.94. The van der Waals surface area contributed by atoms with E-state index in [2.05, 4.69) is 15.8 Å². The third-order valence-corrected chi connectivity index (χ3v) is 4.55. The zero-order valence-corrected chi connectivity index (χ0v) is 15.2. The maximum absolute atomic E-state index is 13.9. The molecule has 0 aliphatic carbocycles. The molecule has 0 saturated carbocycles. The van der Waals surface area contributed by atoms with Gasteiger partial charge in [0.25, 0.3) is 5.91 Å². The number of fused-ring (bicyclic) bond motifs is 1. The van der Waals surface area contributed by atoms with Crippen molar-refractivity contribution in [1.29, 1.82) is 0 Å². The van der Waals surface area contributed by atoms with Crippen molar-refractivity contribution in [3.8, 4) is 5.69 Å². The monoisotopic (exact) mass is 395 g/mol. The molecule has 0 radical (unpaired) electrons. The molecule has 0 bridgehead atoms. The molecule has 4 N–H and O–H groups in total. The van der Waals surface area contributed by atoms with Crippen molar-refractivity contribution in [2.24, 2.45) is 5.84 Å². The summed E-state index contributed by atoms with van der Waals surface area (Å²) < 4.78 is 15.5. The first-order valence-electron chi connectivity index (χ1n) is 8.38. The number of hydrogen-bond donors (Lipinski definition) is 3. The number of nitrogen functional groups attached to an aromatic ring is 1. The minimum absolute atomic E-state index is 0.292. The van der Waals surface area contributed by atoms with Gasteiger partial charge in [0.2, 0.25) is 0 Å². The normalized spacial score (nSPS) is 10.8. The maximum Gasteiger partial charge on any atom is 0.265 e. The summed E-state index contributed by atoms with van der Waals surface area (Å²) in [5, 5.41) is 8.39. The van der Waals surface area contributed by atoms with Crippen LogP contribution in [0.4, 0.5) is 15.8 Å². The molecule has 140 valence electrons. The van der Waals surface area contributed by atoms with E-state index < -0.39 is 5.91 Å². The van der Waals surface area contributed by atoms with Crippen molar-refractivity contribution in [2.45, 2.75) is 0 Å². The molecule has 8 heteroatoms.